The summed E-state index contributed by atoms with van der Waals surface area (Å²) in [6, 6.07) is 0. The van der Waals surface area contributed by atoms with Gasteiger partial charge in [0, 0.05) is 0 Å². The molecule has 0 saturated carbocycles. The van der Waals surface area contributed by atoms with Crippen molar-refractivity contribution in [3.05, 3.63) is 0 Å². The van der Waals surface area contributed by atoms with E-state index in [2.05, 4.69) is 16.9 Å². The molecule has 6 heteroatoms. The Kier molecular flexibility index (Phi) is 3.02. The normalized spacial score (nSPS) is 11.2. The molecule has 0 saturated heterocycles. The molecule has 0 aliphatic carbocycles. The standard InChI is InChI=1S/C3H8N2O2S2/c1-5-9(6,7)2-3(4)8/h5H,2H2,1H3,(H2,4,8). The Bertz CT molecular complexity index is 196. The summed E-state index contributed by atoms with van der Waals surface area (Å²) >= 11 is 4.37. The van der Waals surface area contributed by atoms with Crippen molar-refractivity contribution in [2.75, 3.05) is 12.8 Å². The topological polar surface area (TPSA) is 72.2 Å². The highest BCUT2D eigenvalue weighted by Crippen LogP contribution is 1.80. The van der Waals surface area contributed by atoms with E-state index < -0.39 is 10.0 Å². The minimum absolute atomic E-state index is 0.0237. The van der Waals surface area contributed by atoms with Crippen molar-refractivity contribution in [2.45, 2.75) is 0 Å². The third kappa shape index (κ3) is 4.31. The first-order valence-electron chi connectivity index (χ1n) is 2.17. The Balaban J connectivity index is 4.06. The van der Waals surface area contributed by atoms with Gasteiger partial charge in [0.2, 0.25) is 10.0 Å². The van der Waals surface area contributed by atoms with Crippen LogP contribution in [-0.4, -0.2) is 26.2 Å². The van der Waals surface area contributed by atoms with Gasteiger partial charge in [-0.25, -0.2) is 13.1 Å². The lowest BCUT2D eigenvalue weighted by molar-refractivity contribution is 0.592. The van der Waals surface area contributed by atoms with Crippen LogP contribution in [0.25, 0.3) is 0 Å². The number of rotatable bonds is 3. The van der Waals surface area contributed by atoms with Gasteiger partial charge in [-0.1, -0.05) is 12.2 Å². The van der Waals surface area contributed by atoms with Crippen LogP contribution >= 0.6 is 12.2 Å². The van der Waals surface area contributed by atoms with Crippen molar-refractivity contribution in [3.8, 4) is 0 Å². The summed E-state index contributed by atoms with van der Waals surface area (Å²) in [5, 5.41) is 0. The maximum atomic E-state index is 10.5. The second kappa shape index (κ2) is 3.09. The molecule has 0 fully saturated rings. The molecule has 0 rings (SSSR count). The summed E-state index contributed by atoms with van der Waals surface area (Å²) in [5.74, 6) is -0.279. The summed E-state index contributed by atoms with van der Waals surface area (Å²) in [5.41, 5.74) is 4.97. The van der Waals surface area contributed by atoms with Crippen molar-refractivity contribution in [3.63, 3.8) is 0 Å². The molecule has 0 spiro atoms. The molecule has 0 unspecified atom stereocenters. The van der Waals surface area contributed by atoms with Crippen LogP contribution in [0.4, 0.5) is 0 Å². The quantitative estimate of drug-likeness (QED) is 0.520. The number of sulfonamides is 1. The van der Waals surface area contributed by atoms with Gasteiger partial charge in [0.25, 0.3) is 0 Å². The second-order valence-corrected chi connectivity index (χ2v) is 3.88. The number of hydrogen-bond acceptors (Lipinski definition) is 3. The van der Waals surface area contributed by atoms with Gasteiger partial charge in [-0.15, -0.1) is 0 Å². The predicted molar refractivity (Wildman–Crippen MR) is 39.6 cm³/mol. The van der Waals surface area contributed by atoms with Gasteiger partial charge >= 0.3 is 0 Å². The van der Waals surface area contributed by atoms with E-state index >= 15 is 0 Å². The number of nitrogens with two attached hydrogens (primary N) is 1. The van der Waals surface area contributed by atoms with Gasteiger partial charge in [0.05, 0.1) is 4.99 Å². The largest absolute Gasteiger partial charge is 0.392 e. The molecule has 54 valence electrons. The van der Waals surface area contributed by atoms with Crippen LogP contribution in [0.2, 0.25) is 0 Å². The van der Waals surface area contributed by atoms with Crippen LogP contribution in [0.15, 0.2) is 0 Å². The van der Waals surface area contributed by atoms with Gasteiger partial charge in [0.15, 0.2) is 0 Å². The maximum absolute atomic E-state index is 10.5. The highest BCUT2D eigenvalue weighted by molar-refractivity contribution is 7.92. The second-order valence-electron chi connectivity index (χ2n) is 1.43. The van der Waals surface area contributed by atoms with E-state index in [1.54, 1.807) is 0 Å². The third-order valence-electron chi connectivity index (χ3n) is 0.643. The van der Waals surface area contributed by atoms with Crippen LogP contribution in [-0.2, 0) is 10.0 Å². The smallest absolute Gasteiger partial charge is 0.217 e. The van der Waals surface area contributed by atoms with Crippen molar-refractivity contribution in [1.82, 2.24) is 4.72 Å². The Morgan fingerprint density at radius 2 is 2.22 bits per heavy atom. The lowest BCUT2D eigenvalue weighted by atomic mass is 10.8. The molecule has 0 atom stereocenters. The summed E-state index contributed by atoms with van der Waals surface area (Å²) in [6.07, 6.45) is 0. The van der Waals surface area contributed by atoms with Gasteiger partial charge in [0.1, 0.15) is 5.75 Å². The SMILES string of the molecule is CNS(=O)(=O)CC(N)=S. The van der Waals surface area contributed by atoms with Crippen LogP contribution in [0.3, 0.4) is 0 Å². The minimum atomic E-state index is -3.23. The summed E-state index contributed by atoms with van der Waals surface area (Å²) in [6.45, 7) is 0. The fourth-order valence-electron chi connectivity index (χ4n) is 0.259. The predicted octanol–water partition coefficient (Wildman–Crippen LogP) is -1.18. The Morgan fingerprint density at radius 3 is 2.33 bits per heavy atom. The monoisotopic (exact) mass is 168 g/mol. The van der Waals surface area contributed by atoms with Crippen LogP contribution in [0.5, 0.6) is 0 Å². The maximum Gasteiger partial charge on any atom is 0.217 e. The molecule has 0 aromatic heterocycles. The molecule has 0 aliphatic rings. The molecule has 0 heterocycles. The number of thiocarbonyl (C=S) groups is 1. The Morgan fingerprint density at radius 1 is 1.78 bits per heavy atom. The van der Waals surface area contributed by atoms with Crippen molar-refractivity contribution in [2.24, 2.45) is 5.73 Å². The van der Waals surface area contributed by atoms with Crippen molar-refractivity contribution < 1.29 is 8.42 Å². The number of nitrogens with one attached hydrogen (secondary N) is 1. The molecular weight excluding hydrogens is 160 g/mol. The van der Waals surface area contributed by atoms with E-state index in [0.29, 0.717) is 0 Å². The zero-order valence-corrected chi connectivity index (χ0v) is 6.55. The minimum Gasteiger partial charge on any atom is -0.392 e. The Labute approximate surface area is 59.5 Å². The van der Waals surface area contributed by atoms with E-state index in [0.717, 1.165) is 0 Å². The van der Waals surface area contributed by atoms with E-state index in [1.807, 2.05) is 0 Å². The van der Waals surface area contributed by atoms with E-state index in [-0.39, 0.29) is 10.7 Å². The van der Waals surface area contributed by atoms with Gasteiger partial charge in [-0.3, -0.25) is 0 Å². The van der Waals surface area contributed by atoms with Crippen molar-refractivity contribution in [1.29, 1.82) is 0 Å². The van der Waals surface area contributed by atoms with Crippen molar-refractivity contribution >= 4 is 27.2 Å². The molecule has 0 bridgehead atoms. The molecule has 0 radical (unpaired) electrons. The average Bonchev–Trinajstić information content (AvgIpc) is 1.63. The zero-order valence-electron chi connectivity index (χ0n) is 4.92. The molecule has 9 heavy (non-hydrogen) atoms. The fraction of sp³-hybridized carbons (Fsp3) is 0.667. The molecule has 0 aliphatic heterocycles. The van der Waals surface area contributed by atoms with Gasteiger partial charge < -0.3 is 5.73 Å². The van der Waals surface area contributed by atoms with E-state index in [9.17, 15) is 8.42 Å². The highest BCUT2D eigenvalue weighted by Gasteiger charge is 2.06. The average molecular weight is 168 g/mol. The van der Waals surface area contributed by atoms with Gasteiger partial charge in [-0.05, 0) is 7.05 Å². The van der Waals surface area contributed by atoms with Crippen LogP contribution < -0.4 is 10.5 Å². The first-order chi connectivity index (χ1) is 3.98. The lowest BCUT2D eigenvalue weighted by Gasteiger charge is -1.97. The lowest BCUT2D eigenvalue weighted by Crippen LogP contribution is -2.29. The first-order valence-corrected chi connectivity index (χ1v) is 4.23. The van der Waals surface area contributed by atoms with E-state index in [4.69, 9.17) is 5.73 Å². The molecule has 0 aromatic rings. The highest BCUT2D eigenvalue weighted by atomic mass is 32.2. The molecule has 0 amide bonds. The molecular formula is C3H8N2O2S2. The summed E-state index contributed by atoms with van der Waals surface area (Å²) < 4.78 is 23.1. The number of hydrogen-bond donors (Lipinski definition) is 2. The molecule has 4 nitrogen and oxygen atoms in total. The van der Waals surface area contributed by atoms with Gasteiger partial charge in [-0.2, -0.15) is 0 Å². The first kappa shape index (κ1) is 8.80. The summed E-state index contributed by atoms with van der Waals surface area (Å²) in [7, 11) is -1.92. The Hall–Kier alpha value is -0.200. The zero-order chi connectivity index (χ0) is 7.49. The fourth-order valence-corrected chi connectivity index (χ4v) is 1.24. The van der Waals surface area contributed by atoms with Crippen LogP contribution in [0.1, 0.15) is 0 Å². The molecule has 3 N–H and O–H groups in total. The van der Waals surface area contributed by atoms with Crippen LogP contribution in [0, 0.1) is 0 Å². The van der Waals surface area contributed by atoms with E-state index in [1.165, 1.54) is 7.05 Å². The third-order valence-corrected chi connectivity index (χ3v) is 2.28. The molecule has 0 aromatic carbocycles. The summed E-state index contributed by atoms with van der Waals surface area (Å²) in [4.78, 5) is -0.0237.